The third-order valence-corrected chi connectivity index (χ3v) is 4.73. The monoisotopic (exact) mass is 239 g/mol. The number of nitrogens with one attached hydrogen (secondary N) is 1. The van der Waals surface area contributed by atoms with Crippen LogP contribution < -0.4 is 5.32 Å². The molecule has 17 heavy (non-hydrogen) atoms. The zero-order valence-electron chi connectivity index (χ0n) is 12.5. The molecule has 1 N–H and O–H groups in total. The van der Waals surface area contributed by atoms with Crippen LogP contribution in [0.5, 0.6) is 0 Å². The van der Waals surface area contributed by atoms with Crippen LogP contribution in [0, 0.1) is 17.8 Å². The van der Waals surface area contributed by atoms with Gasteiger partial charge in [0.05, 0.1) is 0 Å². The first-order chi connectivity index (χ1) is 8.19. The van der Waals surface area contributed by atoms with Crippen LogP contribution in [-0.2, 0) is 0 Å². The minimum atomic E-state index is 0.777. The summed E-state index contributed by atoms with van der Waals surface area (Å²) in [6.45, 7) is 10.7. The highest BCUT2D eigenvalue weighted by Crippen LogP contribution is 2.29. The molecule has 1 fully saturated rings. The highest BCUT2D eigenvalue weighted by atomic mass is 14.9. The van der Waals surface area contributed by atoms with Crippen LogP contribution in [0.4, 0.5) is 0 Å². The zero-order valence-corrected chi connectivity index (χ0v) is 12.5. The van der Waals surface area contributed by atoms with Gasteiger partial charge in [0.1, 0.15) is 0 Å². The molecule has 102 valence electrons. The molecule has 0 spiro atoms. The van der Waals surface area contributed by atoms with E-state index in [-0.39, 0.29) is 0 Å². The summed E-state index contributed by atoms with van der Waals surface area (Å²) in [4.78, 5) is 0. The Labute approximate surface area is 109 Å². The van der Waals surface area contributed by atoms with Gasteiger partial charge in [-0.25, -0.2) is 0 Å². The van der Waals surface area contributed by atoms with Crippen molar-refractivity contribution in [3.05, 3.63) is 0 Å². The maximum absolute atomic E-state index is 3.88. The van der Waals surface area contributed by atoms with Gasteiger partial charge in [0, 0.05) is 6.04 Å². The molecule has 0 saturated heterocycles. The van der Waals surface area contributed by atoms with Crippen molar-refractivity contribution in [3.8, 4) is 0 Å². The maximum Gasteiger partial charge on any atom is 0.0118 e. The fraction of sp³-hybridized carbons (Fsp3) is 1.00. The summed E-state index contributed by atoms with van der Waals surface area (Å²) >= 11 is 0. The molecule has 3 atom stereocenters. The van der Waals surface area contributed by atoms with Crippen LogP contribution in [-0.4, -0.2) is 12.6 Å². The van der Waals surface area contributed by atoms with Crippen molar-refractivity contribution >= 4 is 0 Å². The number of hydrogen-bond donors (Lipinski definition) is 1. The fourth-order valence-corrected chi connectivity index (χ4v) is 3.33. The highest BCUT2D eigenvalue weighted by Gasteiger charge is 2.27. The average Bonchev–Trinajstić information content (AvgIpc) is 2.32. The summed E-state index contributed by atoms with van der Waals surface area (Å²) < 4.78 is 0. The van der Waals surface area contributed by atoms with E-state index in [2.05, 4.69) is 33.0 Å². The third-order valence-electron chi connectivity index (χ3n) is 4.73. The predicted molar refractivity (Wildman–Crippen MR) is 77.3 cm³/mol. The Morgan fingerprint density at radius 1 is 1.12 bits per heavy atom. The van der Waals surface area contributed by atoms with Crippen LogP contribution >= 0.6 is 0 Å². The molecule has 1 aliphatic rings. The molecular formula is C16H33N. The first-order valence-electron chi connectivity index (χ1n) is 7.92. The zero-order chi connectivity index (χ0) is 12.7. The van der Waals surface area contributed by atoms with Crippen LogP contribution in [0.1, 0.15) is 72.6 Å². The van der Waals surface area contributed by atoms with Crippen molar-refractivity contribution < 1.29 is 0 Å². The lowest BCUT2D eigenvalue weighted by molar-refractivity contribution is 0.199. The molecule has 1 aliphatic carbocycles. The molecule has 0 amide bonds. The van der Waals surface area contributed by atoms with E-state index < -0.39 is 0 Å². The lowest BCUT2D eigenvalue weighted by atomic mass is 9.78. The van der Waals surface area contributed by atoms with Crippen LogP contribution in [0.2, 0.25) is 0 Å². The topological polar surface area (TPSA) is 12.0 Å². The van der Waals surface area contributed by atoms with E-state index in [1.54, 1.807) is 0 Å². The Balaban J connectivity index is 2.31. The molecule has 1 rings (SSSR count). The summed E-state index contributed by atoms with van der Waals surface area (Å²) in [7, 11) is 0. The quantitative estimate of drug-likeness (QED) is 0.683. The van der Waals surface area contributed by atoms with Gasteiger partial charge in [-0.15, -0.1) is 0 Å². The maximum atomic E-state index is 3.88. The second-order valence-corrected chi connectivity index (χ2v) is 6.24. The van der Waals surface area contributed by atoms with Gasteiger partial charge in [0.15, 0.2) is 0 Å². The van der Waals surface area contributed by atoms with Gasteiger partial charge in [0.2, 0.25) is 0 Å². The summed E-state index contributed by atoms with van der Waals surface area (Å²) in [6, 6.07) is 0.777. The Kier molecular flexibility index (Phi) is 7.18. The van der Waals surface area contributed by atoms with E-state index in [0.717, 1.165) is 23.8 Å². The number of hydrogen-bond acceptors (Lipinski definition) is 1. The molecule has 1 saturated carbocycles. The van der Waals surface area contributed by atoms with Crippen molar-refractivity contribution in [2.24, 2.45) is 17.8 Å². The molecule has 0 bridgehead atoms. The van der Waals surface area contributed by atoms with Gasteiger partial charge in [-0.3, -0.25) is 0 Å². The summed E-state index contributed by atoms with van der Waals surface area (Å²) in [6.07, 6.45) is 9.77. The molecule has 0 radical (unpaired) electrons. The average molecular weight is 239 g/mol. The van der Waals surface area contributed by atoms with E-state index in [0.29, 0.717) is 0 Å². The summed E-state index contributed by atoms with van der Waals surface area (Å²) in [5, 5.41) is 3.88. The van der Waals surface area contributed by atoms with E-state index in [9.17, 15) is 0 Å². The standard InChI is InChI=1S/C16H33N/c1-5-7-11-15(6-2)12-17-16-13(3)9-8-10-14(16)4/h13-17H,5-12H2,1-4H3. The lowest BCUT2D eigenvalue weighted by Gasteiger charge is -2.36. The van der Waals surface area contributed by atoms with E-state index in [4.69, 9.17) is 0 Å². The van der Waals surface area contributed by atoms with Crippen LogP contribution in [0.25, 0.3) is 0 Å². The Bertz CT molecular complexity index is 180. The third kappa shape index (κ3) is 4.99. The largest absolute Gasteiger partial charge is 0.313 e. The second kappa shape index (κ2) is 8.13. The lowest BCUT2D eigenvalue weighted by Crippen LogP contribution is -2.44. The van der Waals surface area contributed by atoms with Crippen molar-refractivity contribution in [2.45, 2.75) is 78.7 Å². The van der Waals surface area contributed by atoms with Crippen LogP contribution in [0.15, 0.2) is 0 Å². The van der Waals surface area contributed by atoms with E-state index >= 15 is 0 Å². The minimum Gasteiger partial charge on any atom is -0.313 e. The van der Waals surface area contributed by atoms with Crippen molar-refractivity contribution in [3.63, 3.8) is 0 Å². The Hall–Kier alpha value is -0.0400. The minimum absolute atomic E-state index is 0.777. The SMILES string of the molecule is CCCCC(CC)CNC1C(C)CCCC1C. The molecule has 0 aliphatic heterocycles. The summed E-state index contributed by atoms with van der Waals surface area (Å²) in [5.41, 5.74) is 0. The predicted octanol–water partition coefficient (Wildman–Crippen LogP) is 4.62. The number of unbranched alkanes of at least 4 members (excludes halogenated alkanes) is 1. The van der Waals surface area contributed by atoms with Crippen molar-refractivity contribution in [1.29, 1.82) is 0 Å². The van der Waals surface area contributed by atoms with Gasteiger partial charge >= 0.3 is 0 Å². The van der Waals surface area contributed by atoms with Gasteiger partial charge in [-0.05, 0) is 43.6 Å². The van der Waals surface area contributed by atoms with Gasteiger partial charge in [-0.1, -0.05) is 53.4 Å². The molecule has 3 unspecified atom stereocenters. The normalized spacial score (nSPS) is 31.4. The first kappa shape index (κ1) is 15.0. The Morgan fingerprint density at radius 2 is 1.76 bits per heavy atom. The molecule has 0 aromatic heterocycles. The molecule has 0 aromatic carbocycles. The molecule has 0 heterocycles. The van der Waals surface area contributed by atoms with Gasteiger partial charge in [0.25, 0.3) is 0 Å². The van der Waals surface area contributed by atoms with Crippen LogP contribution in [0.3, 0.4) is 0 Å². The summed E-state index contributed by atoms with van der Waals surface area (Å²) in [5.74, 6) is 2.65. The first-order valence-corrected chi connectivity index (χ1v) is 7.92. The van der Waals surface area contributed by atoms with Gasteiger partial charge in [-0.2, -0.15) is 0 Å². The fourth-order valence-electron chi connectivity index (χ4n) is 3.33. The van der Waals surface area contributed by atoms with Crippen molar-refractivity contribution in [1.82, 2.24) is 5.32 Å². The number of rotatable bonds is 7. The van der Waals surface area contributed by atoms with Gasteiger partial charge < -0.3 is 5.32 Å². The van der Waals surface area contributed by atoms with E-state index in [1.165, 1.54) is 51.5 Å². The van der Waals surface area contributed by atoms with E-state index in [1.807, 2.05) is 0 Å². The second-order valence-electron chi connectivity index (χ2n) is 6.24. The van der Waals surface area contributed by atoms with Crippen molar-refractivity contribution in [2.75, 3.05) is 6.54 Å². The molecular weight excluding hydrogens is 206 g/mol. The molecule has 0 aromatic rings. The smallest absolute Gasteiger partial charge is 0.0118 e. The molecule has 1 heteroatoms. The highest BCUT2D eigenvalue weighted by molar-refractivity contribution is 4.83. The Morgan fingerprint density at radius 3 is 2.29 bits per heavy atom. The molecule has 1 nitrogen and oxygen atoms in total.